The molecule has 1 aliphatic rings. The zero-order valence-electron chi connectivity index (χ0n) is 10.1. The number of benzene rings is 1. The Labute approximate surface area is 112 Å². The first-order chi connectivity index (χ1) is 8.11. The molecule has 0 fully saturated rings. The second-order valence-electron chi connectivity index (χ2n) is 4.47. The fraction of sp³-hybridized carbons (Fsp3) is 0.538. The van der Waals surface area contributed by atoms with Crippen molar-refractivity contribution < 1.29 is 4.74 Å². The minimum Gasteiger partial charge on any atom is -0.492 e. The van der Waals surface area contributed by atoms with Gasteiger partial charge in [-0.1, -0.05) is 30.1 Å². The summed E-state index contributed by atoms with van der Waals surface area (Å²) in [5.74, 6) is 0.781. The highest BCUT2D eigenvalue weighted by Crippen LogP contribution is 2.40. The molecule has 1 aromatic rings. The lowest BCUT2D eigenvalue weighted by Gasteiger charge is -2.29. The van der Waals surface area contributed by atoms with Crippen molar-refractivity contribution in [3.05, 3.63) is 27.7 Å². The lowest BCUT2D eigenvalue weighted by Crippen LogP contribution is -2.33. The Morgan fingerprint density at radius 2 is 2.24 bits per heavy atom. The van der Waals surface area contributed by atoms with Gasteiger partial charge < -0.3 is 10.1 Å². The van der Waals surface area contributed by atoms with E-state index in [1.807, 2.05) is 6.07 Å². The molecular weight excluding hydrogens is 257 g/mol. The molecule has 2 atom stereocenters. The number of nitrogens with one attached hydrogen (secondary N) is 1. The van der Waals surface area contributed by atoms with Crippen LogP contribution in [-0.2, 0) is 0 Å². The first-order valence-corrected chi connectivity index (χ1v) is 6.75. The average Bonchev–Trinajstić information content (AvgIpc) is 2.30. The molecule has 1 aromatic carbocycles. The zero-order chi connectivity index (χ0) is 12.4. The standard InChI is InChI=1S/C13H17Cl2NO/c1-3-8(2)16-12-4-5-17-13-10(12)6-9(14)7-11(13)15/h6-8,12,16H,3-5H2,1-2H3. The first kappa shape index (κ1) is 13.0. The van der Waals surface area contributed by atoms with Crippen molar-refractivity contribution in [2.24, 2.45) is 0 Å². The largest absolute Gasteiger partial charge is 0.492 e. The molecule has 0 aliphatic carbocycles. The second-order valence-corrected chi connectivity index (χ2v) is 5.32. The van der Waals surface area contributed by atoms with E-state index in [0.717, 1.165) is 24.2 Å². The minimum atomic E-state index is 0.282. The molecular formula is C13H17Cl2NO. The van der Waals surface area contributed by atoms with Crippen LogP contribution in [0.25, 0.3) is 0 Å². The maximum atomic E-state index is 6.15. The fourth-order valence-electron chi connectivity index (χ4n) is 2.06. The van der Waals surface area contributed by atoms with Crippen molar-refractivity contribution in [1.82, 2.24) is 5.32 Å². The molecule has 0 amide bonds. The van der Waals surface area contributed by atoms with E-state index in [0.29, 0.717) is 22.7 Å². The van der Waals surface area contributed by atoms with Crippen molar-refractivity contribution in [2.75, 3.05) is 6.61 Å². The maximum absolute atomic E-state index is 6.15. The smallest absolute Gasteiger partial charge is 0.142 e. The van der Waals surface area contributed by atoms with Gasteiger partial charge >= 0.3 is 0 Å². The molecule has 1 N–H and O–H groups in total. The average molecular weight is 274 g/mol. The van der Waals surface area contributed by atoms with E-state index in [4.69, 9.17) is 27.9 Å². The normalized spacial score (nSPS) is 20.6. The van der Waals surface area contributed by atoms with Crippen molar-refractivity contribution in [2.45, 2.75) is 38.8 Å². The van der Waals surface area contributed by atoms with E-state index < -0.39 is 0 Å². The van der Waals surface area contributed by atoms with Gasteiger partial charge in [-0.05, 0) is 25.5 Å². The van der Waals surface area contributed by atoms with Crippen molar-refractivity contribution >= 4 is 23.2 Å². The van der Waals surface area contributed by atoms with E-state index in [2.05, 4.69) is 19.2 Å². The lowest BCUT2D eigenvalue weighted by molar-refractivity contribution is 0.245. The SMILES string of the molecule is CCC(C)NC1CCOc2c(Cl)cc(Cl)cc21. The van der Waals surface area contributed by atoms with Crippen LogP contribution in [0, 0.1) is 0 Å². The van der Waals surface area contributed by atoms with Gasteiger partial charge in [-0.2, -0.15) is 0 Å². The Kier molecular flexibility index (Phi) is 4.18. The van der Waals surface area contributed by atoms with Crippen LogP contribution in [0.15, 0.2) is 12.1 Å². The summed E-state index contributed by atoms with van der Waals surface area (Å²) in [5.41, 5.74) is 1.08. The summed E-state index contributed by atoms with van der Waals surface area (Å²) in [5, 5.41) is 4.84. The highest BCUT2D eigenvalue weighted by molar-refractivity contribution is 6.35. The Balaban J connectivity index is 2.30. The molecule has 0 saturated carbocycles. The van der Waals surface area contributed by atoms with Gasteiger partial charge in [-0.3, -0.25) is 0 Å². The van der Waals surface area contributed by atoms with Crippen LogP contribution in [0.4, 0.5) is 0 Å². The van der Waals surface area contributed by atoms with Crippen LogP contribution in [0.5, 0.6) is 5.75 Å². The third kappa shape index (κ3) is 2.87. The van der Waals surface area contributed by atoms with Crippen molar-refractivity contribution in [3.63, 3.8) is 0 Å². The fourth-order valence-corrected chi connectivity index (χ4v) is 2.62. The highest BCUT2D eigenvalue weighted by atomic mass is 35.5. The number of hydrogen-bond acceptors (Lipinski definition) is 2. The van der Waals surface area contributed by atoms with Crippen LogP contribution in [0.2, 0.25) is 10.0 Å². The van der Waals surface area contributed by atoms with Gasteiger partial charge in [-0.15, -0.1) is 0 Å². The Morgan fingerprint density at radius 1 is 1.47 bits per heavy atom. The topological polar surface area (TPSA) is 21.3 Å². The molecule has 2 nitrogen and oxygen atoms in total. The third-order valence-corrected chi connectivity index (χ3v) is 3.66. The molecule has 4 heteroatoms. The molecule has 1 heterocycles. The highest BCUT2D eigenvalue weighted by Gasteiger charge is 2.24. The van der Waals surface area contributed by atoms with E-state index in [1.54, 1.807) is 6.07 Å². The third-order valence-electron chi connectivity index (χ3n) is 3.16. The summed E-state index contributed by atoms with van der Waals surface area (Å²) in [6, 6.07) is 4.43. The van der Waals surface area contributed by atoms with Crippen LogP contribution in [0.3, 0.4) is 0 Å². The quantitative estimate of drug-likeness (QED) is 0.891. The second kappa shape index (κ2) is 5.47. The van der Waals surface area contributed by atoms with Gasteiger partial charge in [0.1, 0.15) is 5.75 Å². The predicted molar refractivity (Wildman–Crippen MR) is 72.2 cm³/mol. The van der Waals surface area contributed by atoms with Gasteiger partial charge in [0.05, 0.1) is 11.6 Å². The Bertz CT molecular complexity index is 409. The molecule has 0 saturated heterocycles. The minimum absolute atomic E-state index is 0.282. The molecule has 0 radical (unpaired) electrons. The van der Waals surface area contributed by atoms with Gasteiger partial charge in [-0.25, -0.2) is 0 Å². The van der Waals surface area contributed by atoms with Gasteiger partial charge in [0, 0.05) is 29.1 Å². The lowest BCUT2D eigenvalue weighted by atomic mass is 9.99. The molecule has 0 aromatic heterocycles. The van der Waals surface area contributed by atoms with Crippen LogP contribution >= 0.6 is 23.2 Å². The number of rotatable bonds is 3. The zero-order valence-corrected chi connectivity index (χ0v) is 11.6. The summed E-state index contributed by atoms with van der Waals surface area (Å²) in [7, 11) is 0. The molecule has 2 unspecified atom stereocenters. The van der Waals surface area contributed by atoms with Crippen LogP contribution in [-0.4, -0.2) is 12.6 Å². The summed E-state index contributed by atoms with van der Waals surface area (Å²) < 4.78 is 5.62. The number of fused-ring (bicyclic) bond motifs is 1. The molecule has 17 heavy (non-hydrogen) atoms. The summed E-state index contributed by atoms with van der Waals surface area (Å²) in [6.07, 6.45) is 2.05. The van der Waals surface area contributed by atoms with E-state index in [-0.39, 0.29) is 6.04 Å². The Hall–Kier alpha value is -0.440. The molecule has 0 spiro atoms. The van der Waals surface area contributed by atoms with E-state index >= 15 is 0 Å². The van der Waals surface area contributed by atoms with Gasteiger partial charge in [0.2, 0.25) is 0 Å². The maximum Gasteiger partial charge on any atom is 0.142 e. The monoisotopic (exact) mass is 273 g/mol. The first-order valence-electron chi connectivity index (χ1n) is 5.99. The number of hydrogen-bond donors (Lipinski definition) is 1. The predicted octanol–water partition coefficient (Wildman–Crippen LogP) is 4.21. The van der Waals surface area contributed by atoms with Crippen molar-refractivity contribution in [3.8, 4) is 5.75 Å². The molecule has 0 bridgehead atoms. The molecule has 1 aliphatic heterocycles. The van der Waals surface area contributed by atoms with Crippen molar-refractivity contribution in [1.29, 1.82) is 0 Å². The molecule has 2 rings (SSSR count). The van der Waals surface area contributed by atoms with Gasteiger partial charge in [0.25, 0.3) is 0 Å². The number of halogens is 2. The summed E-state index contributed by atoms with van der Waals surface area (Å²) >= 11 is 12.2. The number of ether oxygens (including phenoxy) is 1. The summed E-state index contributed by atoms with van der Waals surface area (Å²) in [6.45, 7) is 5.05. The van der Waals surface area contributed by atoms with E-state index in [9.17, 15) is 0 Å². The Morgan fingerprint density at radius 3 is 2.94 bits per heavy atom. The molecule has 94 valence electrons. The van der Waals surface area contributed by atoms with Crippen LogP contribution < -0.4 is 10.1 Å². The van der Waals surface area contributed by atoms with E-state index in [1.165, 1.54) is 0 Å². The van der Waals surface area contributed by atoms with Crippen LogP contribution in [0.1, 0.15) is 38.3 Å². The summed E-state index contributed by atoms with van der Waals surface area (Å²) in [4.78, 5) is 0. The van der Waals surface area contributed by atoms with Gasteiger partial charge in [0.15, 0.2) is 0 Å².